The Bertz CT molecular complexity index is 659. The summed E-state index contributed by atoms with van der Waals surface area (Å²) in [5.74, 6) is -0.0394. The lowest BCUT2D eigenvalue weighted by Crippen LogP contribution is -2.46. The van der Waals surface area contributed by atoms with E-state index < -0.39 is 6.10 Å². The van der Waals surface area contributed by atoms with Crippen LogP contribution in [0.3, 0.4) is 0 Å². The van der Waals surface area contributed by atoms with Crippen LogP contribution in [0.15, 0.2) is 60.7 Å². The molecular weight excluding hydrogens is 302 g/mol. The average Bonchev–Trinajstić information content (AvgIpc) is 2.62. The van der Waals surface area contributed by atoms with Gasteiger partial charge in [0.15, 0.2) is 0 Å². The number of aliphatic hydroxyl groups is 1. The highest BCUT2D eigenvalue weighted by atomic mass is 16.5. The molecule has 1 saturated heterocycles. The fourth-order valence-corrected chi connectivity index (χ4v) is 3.09. The Morgan fingerprint density at radius 1 is 1.12 bits per heavy atom. The molecule has 126 valence electrons. The molecule has 1 amide bonds. The van der Waals surface area contributed by atoms with Crippen molar-refractivity contribution in [2.45, 2.75) is 31.7 Å². The summed E-state index contributed by atoms with van der Waals surface area (Å²) < 4.78 is 5.99. The second kappa shape index (κ2) is 7.60. The van der Waals surface area contributed by atoms with E-state index in [0.29, 0.717) is 13.1 Å². The van der Waals surface area contributed by atoms with Crippen molar-refractivity contribution < 1.29 is 14.6 Å². The molecule has 1 aliphatic rings. The Morgan fingerprint density at radius 3 is 2.42 bits per heavy atom. The molecule has 0 spiro atoms. The number of carbonyl (C=O) groups is 1. The van der Waals surface area contributed by atoms with Crippen LogP contribution in [0, 0.1) is 0 Å². The molecule has 3 rings (SSSR count). The molecule has 4 heteroatoms. The lowest BCUT2D eigenvalue weighted by atomic mass is 10.0. The Morgan fingerprint density at radius 2 is 1.75 bits per heavy atom. The number of carbonyl (C=O) groups excluding carboxylic acids is 1. The van der Waals surface area contributed by atoms with Gasteiger partial charge in [-0.05, 0) is 18.1 Å². The zero-order chi connectivity index (χ0) is 16.9. The first-order chi connectivity index (χ1) is 11.6. The molecule has 1 N–H and O–H groups in total. The molecule has 0 aliphatic carbocycles. The molecule has 0 aromatic heterocycles. The summed E-state index contributed by atoms with van der Waals surface area (Å²) in [5.41, 5.74) is 1.84. The number of morpholine rings is 1. The van der Waals surface area contributed by atoms with Crippen LogP contribution >= 0.6 is 0 Å². The van der Waals surface area contributed by atoms with Crippen molar-refractivity contribution in [1.82, 2.24) is 4.90 Å². The van der Waals surface area contributed by atoms with E-state index in [0.717, 1.165) is 11.1 Å². The summed E-state index contributed by atoms with van der Waals surface area (Å²) in [6, 6.07) is 19.3. The molecule has 4 nitrogen and oxygen atoms in total. The Kier molecular flexibility index (Phi) is 5.28. The van der Waals surface area contributed by atoms with Crippen molar-refractivity contribution in [3.63, 3.8) is 0 Å². The molecule has 0 saturated carbocycles. The van der Waals surface area contributed by atoms with Crippen LogP contribution in [-0.4, -0.2) is 35.1 Å². The molecular formula is C20H23NO3. The van der Waals surface area contributed by atoms with Crippen molar-refractivity contribution in [1.29, 1.82) is 0 Å². The second-order valence-electron chi connectivity index (χ2n) is 6.28. The predicted octanol–water partition coefficient (Wildman–Crippen LogP) is 3.10. The third-order valence-electron chi connectivity index (χ3n) is 4.34. The minimum atomic E-state index is -0.771. The topological polar surface area (TPSA) is 49.8 Å². The number of hydrogen-bond donors (Lipinski definition) is 1. The Labute approximate surface area is 142 Å². The van der Waals surface area contributed by atoms with Crippen LogP contribution in [0.4, 0.5) is 0 Å². The fourth-order valence-electron chi connectivity index (χ4n) is 3.09. The minimum absolute atomic E-state index is 0.0261. The highest BCUT2D eigenvalue weighted by molar-refractivity contribution is 5.77. The quantitative estimate of drug-likeness (QED) is 0.940. The number of aliphatic hydroxyl groups excluding tert-OH is 1. The number of amides is 1. The largest absolute Gasteiger partial charge is 0.388 e. The molecule has 1 aliphatic heterocycles. The third kappa shape index (κ3) is 4.02. The Balaban J connectivity index is 1.66. The molecule has 0 bridgehead atoms. The molecule has 3 unspecified atom stereocenters. The smallest absolute Gasteiger partial charge is 0.225 e. The monoisotopic (exact) mass is 325 g/mol. The molecule has 1 fully saturated rings. The number of ether oxygens (including phenoxy) is 1. The number of hydrogen-bond acceptors (Lipinski definition) is 3. The fraction of sp³-hybridized carbons (Fsp3) is 0.350. The van der Waals surface area contributed by atoms with Crippen molar-refractivity contribution in [2.75, 3.05) is 13.1 Å². The van der Waals surface area contributed by atoms with E-state index in [-0.39, 0.29) is 24.5 Å². The number of benzene rings is 2. The third-order valence-corrected chi connectivity index (χ3v) is 4.34. The molecule has 0 radical (unpaired) electrons. The second-order valence-corrected chi connectivity index (χ2v) is 6.28. The van der Waals surface area contributed by atoms with Crippen LogP contribution in [0.5, 0.6) is 0 Å². The van der Waals surface area contributed by atoms with Crippen LogP contribution in [-0.2, 0) is 9.53 Å². The van der Waals surface area contributed by atoms with Gasteiger partial charge >= 0.3 is 0 Å². The van der Waals surface area contributed by atoms with Crippen LogP contribution < -0.4 is 0 Å². The van der Waals surface area contributed by atoms with Gasteiger partial charge in [0, 0.05) is 6.54 Å². The first-order valence-corrected chi connectivity index (χ1v) is 8.34. The van der Waals surface area contributed by atoms with Gasteiger partial charge in [0.25, 0.3) is 0 Å². The Hall–Kier alpha value is -2.17. The van der Waals surface area contributed by atoms with E-state index in [2.05, 4.69) is 0 Å². The highest BCUT2D eigenvalue weighted by Gasteiger charge is 2.30. The summed E-state index contributed by atoms with van der Waals surface area (Å²) in [6.45, 7) is 3.06. The zero-order valence-electron chi connectivity index (χ0n) is 13.8. The summed E-state index contributed by atoms with van der Waals surface area (Å²) in [7, 11) is 0. The summed E-state index contributed by atoms with van der Waals surface area (Å²) in [6.07, 6.45) is -0.820. The zero-order valence-corrected chi connectivity index (χ0v) is 13.8. The van der Waals surface area contributed by atoms with Gasteiger partial charge < -0.3 is 14.7 Å². The summed E-state index contributed by atoms with van der Waals surface area (Å²) >= 11 is 0. The number of nitrogens with zero attached hydrogens (tertiary/aromatic N) is 1. The minimum Gasteiger partial charge on any atom is -0.388 e. The predicted molar refractivity (Wildman–Crippen MR) is 92.3 cm³/mol. The SMILES string of the molecule is CC1CN(C(=O)CC(O)c2ccccc2)CC(c2ccccc2)O1. The molecule has 2 aromatic carbocycles. The average molecular weight is 325 g/mol. The molecule has 1 heterocycles. The summed E-state index contributed by atoms with van der Waals surface area (Å²) in [5, 5.41) is 10.3. The van der Waals surface area contributed by atoms with Gasteiger partial charge in [0.1, 0.15) is 6.10 Å². The lowest BCUT2D eigenvalue weighted by Gasteiger charge is -2.37. The highest BCUT2D eigenvalue weighted by Crippen LogP contribution is 2.26. The van der Waals surface area contributed by atoms with Gasteiger partial charge in [-0.2, -0.15) is 0 Å². The van der Waals surface area contributed by atoms with Gasteiger partial charge in [0.2, 0.25) is 5.91 Å². The lowest BCUT2D eigenvalue weighted by molar-refractivity contribution is -0.146. The van der Waals surface area contributed by atoms with Crippen LogP contribution in [0.1, 0.15) is 36.7 Å². The van der Waals surface area contributed by atoms with Gasteiger partial charge in [-0.3, -0.25) is 4.79 Å². The van der Waals surface area contributed by atoms with Crippen molar-refractivity contribution in [2.24, 2.45) is 0 Å². The van der Waals surface area contributed by atoms with Crippen LogP contribution in [0.25, 0.3) is 0 Å². The summed E-state index contributed by atoms with van der Waals surface area (Å²) in [4.78, 5) is 14.4. The number of rotatable bonds is 4. The van der Waals surface area contributed by atoms with Gasteiger partial charge in [-0.15, -0.1) is 0 Å². The van der Waals surface area contributed by atoms with E-state index in [4.69, 9.17) is 4.74 Å². The molecule has 24 heavy (non-hydrogen) atoms. The first-order valence-electron chi connectivity index (χ1n) is 8.34. The van der Waals surface area contributed by atoms with Crippen molar-refractivity contribution in [3.8, 4) is 0 Å². The van der Waals surface area contributed by atoms with E-state index in [1.165, 1.54) is 0 Å². The molecule has 3 atom stereocenters. The molecule has 2 aromatic rings. The maximum atomic E-state index is 12.6. The van der Waals surface area contributed by atoms with E-state index >= 15 is 0 Å². The van der Waals surface area contributed by atoms with Gasteiger partial charge in [-0.25, -0.2) is 0 Å². The maximum Gasteiger partial charge on any atom is 0.225 e. The van der Waals surface area contributed by atoms with E-state index in [1.807, 2.05) is 67.6 Å². The first kappa shape index (κ1) is 16.7. The van der Waals surface area contributed by atoms with Gasteiger partial charge in [-0.1, -0.05) is 60.7 Å². The van der Waals surface area contributed by atoms with Crippen LogP contribution in [0.2, 0.25) is 0 Å². The standard InChI is InChI=1S/C20H23NO3/c1-15-13-21(14-19(24-15)17-10-6-3-7-11-17)20(23)12-18(22)16-8-4-2-5-9-16/h2-11,15,18-19,22H,12-14H2,1H3. The van der Waals surface area contributed by atoms with E-state index in [9.17, 15) is 9.90 Å². The normalized spacial score (nSPS) is 22.2. The van der Waals surface area contributed by atoms with Gasteiger partial charge in [0.05, 0.1) is 25.2 Å². The van der Waals surface area contributed by atoms with Crippen molar-refractivity contribution >= 4 is 5.91 Å². The van der Waals surface area contributed by atoms with Crippen molar-refractivity contribution in [3.05, 3.63) is 71.8 Å². The maximum absolute atomic E-state index is 12.6. The van der Waals surface area contributed by atoms with E-state index in [1.54, 1.807) is 4.90 Å².